The molecule has 1 fully saturated rings. The van der Waals surface area contributed by atoms with Crippen molar-refractivity contribution in [3.8, 4) is 11.3 Å². The average Bonchev–Trinajstić information content (AvgIpc) is 3.10. The van der Waals surface area contributed by atoms with Gasteiger partial charge in [0.15, 0.2) is 0 Å². The summed E-state index contributed by atoms with van der Waals surface area (Å²) in [6.45, 7) is 4.35. The predicted molar refractivity (Wildman–Crippen MR) is 106 cm³/mol. The maximum atomic E-state index is 13.1. The van der Waals surface area contributed by atoms with Crippen molar-refractivity contribution < 1.29 is 4.79 Å². The van der Waals surface area contributed by atoms with Crippen LogP contribution in [0.25, 0.3) is 11.3 Å². The van der Waals surface area contributed by atoms with Crippen LogP contribution in [-0.4, -0.2) is 52.1 Å². The molecule has 1 aliphatic heterocycles. The van der Waals surface area contributed by atoms with E-state index in [-0.39, 0.29) is 5.91 Å². The summed E-state index contributed by atoms with van der Waals surface area (Å²) in [5.41, 5.74) is 3.75. The van der Waals surface area contributed by atoms with Crippen molar-refractivity contribution in [2.24, 2.45) is 0 Å². The van der Waals surface area contributed by atoms with Gasteiger partial charge in [-0.3, -0.25) is 14.8 Å². The minimum Gasteiger partial charge on any atom is -0.337 e. The second-order valence-electron chi connectivity index (χ2n) is 6.93. The number of aromatic nitrogens is 2. The number of rotatable bonds is 4. The fourth-order valence-electron chi connectivity index (χ4n) is 3.62. The summed E-state index contributed by atoms with van der Waals surface area (Å²) in [4.78, 5) is 17.5. The molecule has 4 rings (SSSR count). The number of nitrogens with zero attached hydrogens (tertiary/aromatic N) is 3. The number of H-pyrrole nitrogens is 1. The van der Waals surface area contributed by atoms with Crippen LogP contribution in [0.4, 0.5) is 0 Å². The van der Waals surface area contributed by atoms with Gasteiger partial charge in [0.1, 0.15) is 0 Å². The van der Waals surface area contributed by atoms with Crippen LogP contribution in [0, 0.1) is 0 Å². The zero-order valence-corrected chi connectivity index (χ0v) is 15.3. The average molecular weight is 360 g/mol. The van der Waals surface area contributed by atoms with Crippen molar-refractivity contribution in [2.75, 3.05) is 26.2 Å². The van der Waals surface area contributed by atoms with E-state index in [1.54, 1.807) is 6.20 Å². The summed E-state index contributed by atoms with van der Waals surface area (Å²) in [7, 11) is 0. The standard InChI is InChI=1S/C22H24N4O/c27-22(20-16-23-24-21(20)19-10-5-2-6-11-19)26-13-7-12-25(14-15-26)17-18-8-3-1-4-9-18/h1-6,8-11,16H,7,12-15,17H2,(H,23,24). The molecule has 0 bridgehead atoms. The molecule has 0 unspecified atom stereocenters. The smallest absolute Gasteiger partial charge is 0.257 e. The Balaban J connectivity index is 1.44. The third-order valence-electron chi connectivity index (χ3n) is 5.06. The Bertz CT molecular complexity index is 876. The lowest BCUT2D eigenvalue weighted by molar-refractivity contribution is 0.0762. The minimum atomic E-state index is 0.0594. The van der Waals surface area contributed by atoms with Crippen LogP contribution in [0.1, 0.15) is 22.3 Å². The molecule has 1 amide bonds. The number of hydrogen-bond acceptors (Lipinski definition) is 3. The number of aromatic amines is 1. The normalized spacial score (nSPS) is 15.5. The SMILES string of the molecule is O=C(c1cn[nH]c1-c1ccccc1)N1CCCN(Cc2ccccc2)CC1. The highest BCUT2D eigenvalue weighted by atomic mass is 16.2. The highest BCUT2D eigenvalue weighted by Gasteiger charge is 2.23. The van der Waals surface area contributed by atoms with Gasteiger partial charge in [-0.2, -0.15) is 5.10 Å². The summed E-state index contributed by atoms with van der Waals surface area (Å²) in [5, 5.41) is 7.12. The molecule has 2 aromatic carbocycles. The Kier molecular flexibility index (Phi) is 5.30. The molecule has 3 aromatic rings. The van der Waals surface area contributed by atoms with Gasteiger partial charge in [0, 0.05) is 38.3 Å². The van der Waals surface area contributed by atoms with Crippen molar-refractivity contribution >= 4 is 5.91 Å². The second-order valence-corrected chi connectivity index (χ2v) is 6.93. The number of nitrogens with one attached hydrogen (secondary N) is 1. The third-order valence-corrected chi connectivity index (χ3v) is 5.06. The number of benzene rings is 2. The summed E-state index contributed by atoms with van der Waals surface area (Å²) >= 11 is 0. The van der Waals surface area contributed by atoms with E-state index in [9.17, 15) is 4.79 Å². The van der Waals surface area contributed by atoms with Crippen LogP contribution in [0.15, 0.2) is 66.9 Å². The van der Waals surface area contributed by atoms with Gasteiger partial charge in [0.05, 0.1) is 17.5 Å². The predicted octanol–water partition coefficient (Wildman–Crippen LogP) is 3.42. The van der Waals surface area contributed by atoms with Gasteiger partial charge < -0.3 is 4.90 Å². The Hall–Kier alpha value is -2.92. The summed E-state index contributed by atoms with van der Waals surface area (Å²) < 4.78 is 0. The van der Waals surface area contributed by atoms with Crippen molar-refractivity contribution in [3.63, 3.8) is 0 Å². The van der Waals surface area contributed by atoms with E-state index < -0.39 is 0 Å². The maximum Gasteiger partial charge on any atom is 0.257 e. The lowest BCUT2D eigenvalue weighted by Gasteiger charge is -2.22. The molecule has 1 N–H and O–H groups in total. The summed E-state index contributed by atoms with van der Waals surface area (Å²) in [6.07, 6.45) is 2.63. The molecule has 27 heavy (non-hydrogen) atoms. The molecule has 5 nitrogen and oxygen atoms in total. The third kappa shape index (κ3) is 4.09. The second kappa shape index (κ2) is 8.18. The Morgan fingerprint density at radius 2 is 1.67 bits per heavy atom. The Morgan fingerprint density at radius 3 is 2.44 bits per heavy atom. The first-order valence-corrected chi connectivity index (χ1v) is 9.45. The van der Waals surface area contributed by atoms with Gasteiger partial charge in [-0.15, -0.1) is 0 Å². The quantitative estimate of drug-likeness (QED) is 0.776. The van der Waals surface area contributed by atoms with E-state index in [0.29, 0.717) is 5.56 Å². The fourth-order valence-corrected chi connectivity index (χ4v) is 3.62. The van der Waals surface area contributed by atoms with E-state index in [4.69, 9.17) is 0 Å². The maximum absolute atomic E-state index is 13.1. The van der Waals surface area contributed by atoms with Gasteiger partial charge in [-0.05, 0) is 12.0 Å². The molecule has 138 valence electrons. The van der Waals surface area contributed by atoms with Crippen molar-refractivity contribution in [1.29, 1.82) is 0 Å². The molecule has 1 saturated heterocycles. The van der Waals surface area contributed by atoms with Gasteiger partial charge in [0.2, 0.25) is 0 Å². The number of hydrogen-bond donors (Lipinski definition) is 1. The number of amides is 1. The largest absolute Gasteiger partial charge is 0.337 e. The molecule has 0 spiro atoms. The first-order chi connectivity index (χ1) is 13.3. The molecule has 0 aliphatic carbocycles. The van der Waals surface area contributed by atoms with E-state index in [1.807, 2.05) is 41.3 Å². The van der Waals surface area contributed by atoms with Gasteiger partial charge in [-0.1, -0.05) is 60.7 Å². The van der Waals surface area contributed by atoms with E-state index in [2.05, 4.69) is 39.4 Å². The molecule has 0 radical (unpaired) electrons. The monoisotopic (exact) mass is 360 g/mol. The summed E-state index contributed by atoms with van der Waals surface area (Å²) in [5.74, 6) is 0.0594. The molecule has 5 heteroatoms. The lowest BCUT2D eigenvalue weighted by Crippen LogP contribution is -2.35. The van der Waals surface area contributed by atoms with Crippen LogP contribution in [0.3, 0.4) is 0 Å². The Morgan fingerprint density at radius 1 is 0.926 bits per heavy atom. The molecule has 2 heterocycles. The highest BCUT2D eigenvalue weighted by Crippen LogP contribution is 2.22. The topological polar surface area (TPSA) is 52.2 Å². The first-order valence-electron chi connectivity index (χ1n) is 9.45. The number of carbonyl (C=O) groups is 1. The molecule has 0 atom stereocenters. The van der Waals surface area contributed by atoms with Crippen LogP contribution in [-0.2, 0) is 6.54 Å². The molecular weight excluding hydrogens is 336 g/mol. The van der Waals surface area contributed by atoms with Gasteiger partial charge in [0.25, 0.3) is 5.91 Å². The molecule has 1 aromatic heterocycles. The fraction of sp³-hybridized carbons (Fsp3) is 0.273. The van der Waals surface area contributed by atoms with E-state index >= 15 is 0 Å². The first kappa shape index (κ1) is 17.5. The zero-order chi connectivity index (χ0) is 18.5. The highest BCUT2D eigenvalue weighted by molar-refractivity contribution is 5.99. The Labute approximate surface area is 159 Å². The van der Waals surface area contributed by atoms with Crippen LogP contribution < -0.4 is 0 Å². The lowest BCUT2D eigenvalue weighted by atomic mass is 10.1. The van der Waals surface area contributed by atoms with Crippen molar-refractivity contribution in [3.05, 3.63) is 78.0 Å². The molecular formula is C22H24N4O. The van der Waals surface area contributed by atoms with E-state index in [0.717, 1.165) is 50.4 Å². The van der Waals surface area contributed by atoms with Crippen LogP contribution >= 0.6 is 0 Å². The molecule has 0 saturated carbocycles. The van der Waals surface area contributed by atoms with E-state index in [1.165, 1.54) is 5.56 Å². The van der Waals surface area contributed by atoms with Gasteiger partial charge in [-0.25, -0.2) is 0 Å². The van der Waals surface area contributed by atoms with Crippen molar-refractivity contribution in [1.82, 2.24) is 20.0 Å². The minimum absolute atomic E-state index is 0.0594. The van der Waals surface area contributed by atoms with Gasteiger partial charge >= 0.3 is 0 Å². The zero-order valence-electron chi connectivity index (χ0n) is 15.3. The van der Waals surface area contributed by atoms with Crippen LogP contribution in [0.5, 0.6) is 0 Å². The van der Waals surface area contributed by atoms with Crippen molar-refractivity contribution in [2.45, 2.75) is 13.0 Å². The van der Waals surface area contributed by atoms with Crippen LogP contribution in [0.2, 0.25) is 0 Å². The molecule has 1 aliphatic rings. The summed E-state index contributed by atoms with van der Waals surface area (Å²) in [6, 6.07) is 20.4. The number of carbonyl (C=O) groups excluding carboxylic acids is 1.